The normalized spacial score (nSPS) is 19.3. The molecule has 3 aliphatic carbocycles. The maximum Gasteiger partial charge on any atom is 0.231 e. The van der Waals surface area contributed by atoms with Crippen LogP contribution in [0.4, 0.5) is 0 Å². The Balaban J connectivity index is 0.000000213. The zero-order valence-electron chi connectivity index (χ0n) is 13.3. The number of ether oxygens (including phenoxy) is 1. The molecular formula is C19H22N2O2. The quantitative estimate of drug-likeness (QED) is 0.736. The van der Waals surface area contributed by atoms with E-state index in [0.29, 0.717) is 18.6 Å². The number of hydrogen-bond donors (Lipinski definition) is 2. The van der Waals surface area contributed by atoms with Crippen LogP contribution in [-0.4, -0.2) is 25.1 Å². The van der Waals surface area contributed by atoms with Crippen molar-refractivity contribution >= 4 is 5.91 Å². The van der Waals surface area contributed by atoms with Crippen LogP contribution in [-0.2, 0) is 4.79 Å². The molecule has 0 spiro atoms. The van der Waals surface area contributed by atoms with E-state index in [2.05, 4.69) is 35.6 Å². The van der Waals surface area contributed by atoms with Crippen LogP contribution in [0.2, 0.25) is 0 Å². The molecule has 1 amide bonds. The van der Waals surface area contributed by atoms with Crippen molar-refractivity contribution in [2.75, 3.05) is 13.2 Å². The van der Waals surface area contributed by atoms with Gasteiger partial charge in [0.15, 0.2) is 0 Å². The number of fused-ring (bicyclic) bond motifs is 1. The van der Waals surface area contributed by atoms with Crippen molar-refractivity contribution in [3.8, 4) is 16.9 Å². The summed E-state index contributed by atoms with van der Waals surface area (Å²) >= 11 is 0. The summed E-state index contributed by atoms with van der Waals surface area (Å²) in [4.78, 5) is 10.7. The van der Waals surface area contributed by atoms with Gasteiger partial charge in [0, 0.05) is 12.0 Å². The predicted octanol–water partition coefficient (Wildman–Crippen LogP) is 2.68. The molecule has 0 heterocycles. The lowest BCUT2D eigenvalue weighted by atomic mass is 9.95. The van der Waals surface area contributed by atoms with Crippen molar-refractivity contribution in [2.45, 2.75) is 25.3 Å². The number of para-hydroxylation sites is 1. The standard InChI is InChI=1S/C13H18N2O2.C6H4/c1-2-17-12-6-4-3-5-9(12)10-7-11(10)15-8-13(14)16;1-2-6-4-3-5(1)6/h3-6,10-11,15H,2,7-8H2,1H3,(H2,14,16);1-4H. The first kappa shape index (κ1) is 15.6. The second-order valence-corrected chi connectivity index (χ2v) is 5.84. The minimum atomic E-state index is -0.311. The summed E-state index contributed by atoms with van der Waals surface area (Å²) in [5, 5.41) is 3.14. The molecule has 1 fully saturated rings. The predicted molar refractivity (Wildman–Crippen MR) is 91.4 cm³/mol. The SMILES string of the molecule is CCOc1ccccc1C1CC1NCC(N)=O.c1cc2ccc1-2. The monoisotopic (exact) mass is 310 g/mol. The van der Waals surface area contributed by atoms with Crippen LogP contribution in [0, 0.1) is 0 Å². The van der Waals surface area contributed by atoms with E-state index in [-0.39, 0.29) is 12.5 Å². The minimum Gasteiger partial charge on any atom is -0.494 e. The van der Waals surface area contributed by atoms with E-state index < -0.39 is 0 Å². The van der Waals surface area contributed by atoms with Gasteiger partial charge in [-0.25, -0.2) is 0 Å². The van der Waals surface area contributed by atoms with Crippen molar-refractivity contribution in [3.05, 3.63) is 54.1 Å². The molecule has 2 unspecified atom stereocenters. The zero-order valence-corrected chi connectivity index (χ0v) is 13.3. The molecule has 4 heteroatoms. The Morgan fingerprint density at radius 1 is 1.17 bits per heavy atom. The molecule has 0 saturated heterocycles. The van der Waals surface area contributed by atoms with Gasteiger partial charge < -0.3 is 15.8 Å². The first-order chi connectivity index (χ1) is 11.2. The Morgan fingerprint density at radius 3 is 2.35 bits per heavy atom. The zero-order chi connectivity index (χ0) is 16.2. The molecule has 2 atom stereocenters. The van der Waals surface area contributed by atoms with Crippen LogP contribution in [0.25, 0.3) is 11.1 Å². The lowest BCUT2D eigenvalue weighted by Crippen LogP contribution is -2.30. The van der Waals surface area contributed by atoms with Gasteiger partial charge in [0.25, 0.3) is 0 Å². The smallest absolute Gasteiger partial charge is 0.231 e. The summed E-state index contributed by atoms with van der Waals surface area (Å²) in [5.41, 5.74) is 9.17. The number of nitrogens with two attached hydrogens (primary N) is 1. The molecular weight excluding hydrogens is 288 g/mol. The number of benzene rings is 2. The molecule has 0 bridgehead atoms. The molecule has 0 aromatic heterocycles. The lowest BCUT2D eigenvalue weighted by Gasteiger charge is -2.10. The van der Waals surface area contributed by atoms with Crippen molar-refractivity contribution in [2.24, 2.45) is 5.73 Å². The Hall–Kier alpha value is -2.33. The minimum absolute atomic E-state index is 0.248. The molecule has 1 aromatic carbocycles. The Bertz CT molecular complexity index is 661. The molecule has 3 N–H and O–H groups in total. The van der Waals surface area contributed by atoms with E-state index in [1.807, 2.05) is 25.1 Å². The number of hydrogen-bond acceptors (Lipinski definition) is 3. The molecule has 23 heavy (non-hydrogen) atoms. The Labute approximate surface area is 136 Å². The van der Waals surface area contributed by atoms with E-state index in [1.54, 1.807) is 0 Å². The van der Waals surface area contributed by atoms with Gasteiger partial charge in [-0.05, 0) is 36.1 Å². The summed E-state index contributed by atoms with van der Waals surface area (Å²) in [7, 11) is 0. The van der Waals surface area contributed by atoms with Crippen molar-refractivity contribution in [1.82, 2.24) is 5.32 Å². The van der Waals surface area contributed by atoms with Crippen LogP contribution in [0.3, 0.4) is 0 Å². The molecule has 0 aliphatic heterocycles. The van der Waals surface area contributed by atoms with E-state index >= 15 is 0 Å². The largest absolute Gasteiger partial charge is 0.494 e. The highest BCUT2D eigenvalue weighted by Gasteiger charge is 2.39. The first-order valence-electron chi connectivity index (χ1n) is 8.03. The van der Waals surface area contributed by atoms with E-state index in [4.69, 9.17) is 10.5 Å². The molecule has 4 nitrogen and oxygen atoms in total. The highest BCUT2D eigenvalue weighted by molar-refractivity contribution is 5.76. The summed E-state index contributed by atoms with van der Waals surface area (Å²) < 4.78 is 5.59. The van der Waals surface area contributed by atoms with Crippen molar-refractivity contribution in [3.63, 3.8) is 0 Å². The van der Waals surface area contributed by atoms with Gasteiger partial charge in [-0.15, -0.1) is 0 Å². The topological polar surface area (TPSA) is 64.3 Å². The Morgan fingerprint density at radius 2 is 1.83 bits per heavy atom. The second-order valence-electron chi connectivity index (χ2n) is 5.84. The average molecular weight is 310 g/mol. The first-order valence-corrected chi connectivity index (χ1v) is 8.03. The maximum atomic E-state index is 10.7. The maximum absolute atomic E-state index is 10.7. The summed E-state index contributed by atoms with van der Waals surface area (Å²) in [5.74, 6) is 1.08. The average Bonchev–Trinajstić information content (AvgIpc) is 3.30. The lowest BCUT2D eigenvalue weighted by molar-refractivity contribution is -0.117. The van der Waals surface area contributed by atoms with Crippen LogP contribution >= 0.6 is 0 Å². The molecule has 4 rings (SSSR count). The van der Waals surface area contributed by atoms with E-state index in [9.17, 15) is 4.79 Å². The number of carbonyl (C=O) groups is 1. The van der Waals surface area contributed by atoms with Crippen LogP contribution < -0.4 is 15.8 Å². The van der Waals surface area contributed by atoms with Gasteiger partial charge in [0.1, 0.15) is 5.75 Å². The molecule has 3 aliphatic rings. The number of amides is 1. The number of primary amides is 1. The van der Waals surface area contributed by atoms with Gasteiger partial charge in [0.2, 0.25) is 5.91 Å². The van der Waals surface area contributed by atoms with Gasteiger partial charge >= 0.3 is 0 Å². The van der Waals surface area contributed by atoms with Crippen molar-refractivity contribution < 1.29 is 9.53 Å². The van der Waals surface area contributed by atoms with Gasteiger partial charge in [0.05, 0.1) is 13.2 Å². The van der Waals surface area contributed by atoms with Gasteiger partial charge in [-0.2, -0.15) is 0 Å². The fourth-order valence-electron chi connectivity index (χ4n) is 2.73. The third-order valence-corrected chi connectivity index (χ3v) is 4.17. The number of nitrogens with one attached hydrogen (secondary N) is 1. The highest BCUT2D eigenvalue weighted by atomic mass is 16.5. The molecule has 0 radical (unpaired) electrons. The molecule has 1 aromatic rings. The van der Waals surface area contributed by atoms with Gasteiger partial charge in [-0.1, -0.05) is 42.5 Å². The van der Waals surface area contributed by atoms with Crippen LogP contribution in [0.5, 0.6) is 5.75 Å². The third kappa shape index (κ3) is 3.71. The summed E-state index contributed by atoms with van der Waals surface area (Å²) in [6, 6.07) is 16.9. The van der Waals surface area contributed by atoms with Gasteiger partial charge in [-0.3, -0.25) is 4.79 Å². The summed E-state index contributed by atoms with van der Waals surface area (Å²) in [6.45, 7) is 2.90. The molecule has 1 saturated carbocycles. The second kappa shape index (κ2) is 6.84. The Kier molecular flexibility index (Phi) is 4.63. The number of rotatable bonds is 6. The number of carbonyl (C=O) groups excluding carboxylic acids is 1. The van der Waals surface area contributed by atoms with E-state index in [1.165, 1.54) is 16.7 Å². The van der Waals surface area contributed by atoms with E-state index in [0.717, 1.165) is 12.2 Å². The highest BCUT2D eigenvalue weighted by Crippen LogP contribution is 2.44. The van der Waals surface area contributed by atoms with Crippen LogP contribution in [0.1, 0.15) is 24.8 Å². The van der Waals surface area contributed by atoms with Crippen LogP contribution in [0.15, 0.2) is 48.5 Å². The fraction of sp³-hybridized carbons (Fsp3) is 0.316. The fourth-order valence-corrected chi connectivity index (χ4v) is 2.73. The van der Waals surface area contributed by atoms with Crippen molar-refractivity contribution in [1.29, 1.82) is 0 Å². The molecule has 120 valence electrons. The summed E-state index contributed by atoms with van der Waals surface area (Å²) in [6.07, 6.45) is 1.04. The third-order valence-electron chi connectivity index (χ3n) is 4.17.